The summed E-state index contributed by atoms with van der Waals surface area (Å²) in [7, 11) is 0. The van der Waals surface area contributed by atoms with Crippen molar-refractivity contribution in [1.82, 2.24) is 15.1 Å². The zero-order chi connectivity index (χ0) is 29.3. The molecule has 0 atom stereocenters. The highest BCUT2D eigenvalue weighted by Crippen LogP contribution is 2.21. The Balaban J connectivity index is 1.14. The lowest BCUT2D eigenvalue weighted by molar-refractivity contribution is -0.117. The van der Waals surface area contributed by atoms with Gasteiger partial charge in [-0.1, -0.05) is 67.3 Å². The molecule has 3 aromatic rings. The highest BCUT2D eigenvalue weighted by molar-refractivity contribution is 5.99. The molecule has 1 saturated heterocycles. The molecule has 220 valence electrons. The van der Waals surface area contributed by atoms with E-state index in [0.29, 0.717) is 36.9 Å². The quantitative estimate of drug-likeness (QED) is 0.380. The summed E-state index contributed by atoms with van der Waals surface area (Å²) >= 11 is 0. The van der Waals surface area contributed by atoms with Gasteiger partial charge in [0.2, 0.25) is 5.91 Å². The summed E-state index contributed by atoms with van der Waals surface area (Å²) in [5.41, 5.74) is 4.32. The third-order valence-electron chi connectivity index (χ3n) is 8.15. The van der Waals surface area contributed by atoms with Crippen LogP contribution in [0.15, 0.2) is 78.9 Å². The zero-order valence-corrected chi connectivity index (χ0v) is 24.4. The Kier molecular flexibility index (Phi) is 9.74. The summed E-state index contributed by atoms with van der Waals surface area (Å²) in [5.74, 6) is -0.437. The average molecular weight is 568 g/mol. The molecule has 5 rings (SSSR count). The Labute approximate surface area is 248 Å². The van der Waals surface area contributed by atoms with Crippen LogP contribution in [0.25, 0.3) is 0 Å². The van der Waals surface area contributed by atoms with Gasteiger partial charge in [0.25, 0.3) is 5.91 Å². The van der Waals surface area contributed by atoms with Crippen LogP contribution < -0.4 is 15.5 Å². The van der Waals surface area contributed by atoms with Crippen molar-refractivity contribution in [2.24, 2.45) is 0 Å². The lowest BCUT2D eigenvalue weighted by atomic mass is 9.96. The van der Waals surface area contributed by atoms with Crippen LogP contribution in [0.4, 0.5) is 16.2 Å². The fraction of sp³-hybridized carbons (Fsp3) is 0.382. The molecule has 4 amide bonds. The third kappa shape index (κ3) is 7.90. The van der Waals surface area contributed by atoms with Gasteiger partial charge in [-0.2, -0.15) is 0 Å². The highest BCUT2D eigenvalue weighted by Gasteiger charge is 2.24. The number of hydrogen-bond donors (Lipinski definition) is 2. The van der Waals surface area contributed by atoms with Crippen LogP contribution in [-0.2, 0) is 11.3 Å². The number of nitrogens with one attached hydrogen (secondary N) is 2. The molecule has 8 nitrogen and oxygen atoms in total. The first kappa shape index (κ1) is 29.2. The molecular weight excluding hydrogens is 526 g/mol. The Bertz CT molecular complexity index is 1330. The van der Waals surface area contributed by atoms with Gasteiger partial charge in [0.05, 0.1) is 0 Å². The maximum absolute atomic E-state index is 13.3. The molecule has 1 aliphatic carbocycles. The van der Waals surface area contributed by atoms with Crippen LogP contribution in [0.5, 0.6) is 0 Å². The average Bonchev–Trinajstić information content (AvgIpc) is 3.02. The predicted octanol–water partition coefficient (Wildman–Crippen LogP) is 5.44. The van der Waals surface area contributed by atoms with E-state index in [1.54, 1.807) is 17.0 Å². The van der Waals surface area contributed by atoms with Crippen molar-refractivity contribution in [3.8, 4) is 0 Å². The molecule has 42 heavy (non-hydrogen) atoms. The molecule has 0 aromatic heterocycles. The molecule has 0 spiro atoms. The number of hydrogen-bond acceptors (Lipinski definition) is 4. The number of anilines is 2. The van der Waals surface area contributed by atoms with Gasteiger partial charge in [-0.3, -0.25) is 9.59 Å². The maximum Gasteiger partial charge on any atom is 0.317 e. The summed E-state index contributed by atoms with van der Waals surface area (Å²) in [6.07, 6.45) is 5.85. The van der Waals surface area contributed by atoms with Gasteiger partial charge in [-0.25, -0.2) is 4.79 Å². The lowest BCUT2D eigenvalue weighted by Crippen LogP contribution is -2.53. The number of piperazine rings is 1. The number of rotatable bonds is 8. The van der Waals surface area contributed by atoms with Crippen molar-refractivity contribution in [2.45, 2.75) is 51.6 Å². The monoisotopic (exact) mass is 567 g/mol. The van der Waals surface area contributed by atoms with Crippen LogP contribution in [-0.4, -0.2) is 66.4 Å². The maximum atomic E-state index is 13.3. The van der Waals surface area contributed by atoms with Gasteiger partial charge in [0.15, 0.2) is 0 Å². The first-order valence-electron chi connectivity index (χ1n) is 15.0. The van der Waals surface area contributed by atoms with Gasteiger partial charge >= 0.3 is 6.03 Å². The largest absolute Gasteiger partial charge is 0.368 e. The molecule has 2 aliphatic rings. The molecule has 2 N–H and O–H groups in total. The van der Waals surface area contributed by atoms with Crippen molar-refractivity contribution in [3.05, 3.63) is 95.6 Å². The number of aryl methyl sites for hydroxylation is 1. The summed E-state index contributed by atoms with van der Waals surface area (Å²) in [5, 5.41) is 6.17. The van der Waals surface area contributed by atoms with Crippen LogP contribution in [0.3, 0.4) is 0 Å². The zero-order valence-electron chi connectivity index (χ0n) is 24.4. The number of nitrogens with zero attached hydrogens (tertiary/aromatic N) is 3. The second-order valence-electron chi connectivity index (χ2n) is 11.4. The van der Waals surface area contributed by atoms with E-state index in [1.165, 1.54) is 19.3 Å². The van der Waals surface area contributed by atoms with Gasteiger partial charge in [0.1, 0.15) is 6.54 Å². The second-order valence-corrected chi connectivity index (χ2v) is 11.4. The normalized spacial score (nSPS) is 15.6. The van der Waals surface area contributed by atoms with E-state index < -0.39 is 0 Å². The molecule has 8 heteroatoms. The van der Waals surface area contributed by atoms with Crippen molar-refractivity contribution < 1.29 is 14.4 Å². The first-order chi connectivity index (χ1) is 20.4. The second kappa shape index (κ2) is 14.0. The topological polar surface area (TPSA) is 85.0 Å². The van der Waals surface area contributed by atoms with Crippen molar-refractivity contribution in [1.29, 1.82) is 0 Å². The van der Waals surface area contributed by atoms with E-state index in [9.17, 15) is 14.4 Å². The van der Waals surface area contributed by atoms with Gasteiger partial charge in [0, 0.05) is 55.7 Å². The predicted molar refractivity (Wildman–Crippen MR) is 167 cm³/mol. The fourth-order valence-electron chi connectivity index (χ4n) is 5.69. The summed E-state index contributed by atoms with van der Waals surface area (Å²) in [6.45, 7) is 5.15. The van der Waals surface area contributed by atoms with Crippen molar-refractivity contribution in [2.75, 3.05) is 42.9 Å². The van der Waals surface area contributed by atoms with Crippen LogP contribution in [0, 0.1) is 6.92 Å². The smallest absolute Gasteiger partial charge is 0.317 e. The highest BCUT2D eigenvalue weighted by atomic mass is 16.2. The summed E-state index contributed by atoms with van der Waals surface area (Å²) in [6, 6.07) is 25.2. The number of urea groups is 1. The molecule has 3 aromatic carbocycles. The molecule has 1 heterocycles. The van der Waals surface area contributed by atoms with Gasteiger partial charge in [-0.15, -0.1) is 0 Å². The Hall–Kier alpha value is -4.33. The molecule has 0 unspecified atom stereocenters. The molecule has 0 bridgehead atoms. The van der Waals surface area contributed by atoms with E-state index in [-0.39, 0.29) is 24.4 Å². The summed E-state index contributed by atoms with van der Waals surface area (Å²) in [4.78, 5) is 44.9. The van der Waals surface area contributed by atoms with Crippen molar-refractivity contribution >= 4 is 29.2 Å². The minimum absolute atomic E-state index is 0.0572. The Morgan fingerprint density at radius 2 is 1.48 bits per heavy atom. The van der Waals surface area contributed by atoms with Crippen LogP contribution in [0.2, 0.25) is 0 Å². The van der Waals surface area contributed by atoms with Gasteiger partial charge in [-0.05, 0) is 61.7 Å². The van der Waals surface area contributed by atoms with E-state index in [2.05, 4.69) is 15.5 Å². The number of amides is 4. The van der Waals surface area contributed by atoms with Crippen molar-refractivity contribution in [3.63, 3.8) is 0 Å². The molecule has 1 aliphatic heterocycles. The van der Waals surface area contributed by atoms with E-state index in [4.69, 9.17) is 0 Å². The Morgan fingerprint density at radius 1 is 0.810 bits per heavy atom. The number of carbonyl (C=O) groups excluding carboxylic acids is 3. The minimum atomic E-state index is -0.253. The van der Waals surface area contributed by atoms with E-state index >= 15 is 0 Å². The molecular formula is C34H41N5O3. The Morgan fingerprint density at radius 3 is 2.14 bits per heavy atom. The van der Waals surface area contributed by atoms with E-state index in [1.807, 2.05) is 78.6 Å². The fourth-order valence-corrected chi connectivity index (χ4v) is 5.69. The number of carbonyl (C=O) groups is 3. The standard InChI is InChI=1S/C34H41N5O3/c1-26-12-14-28(15-13-26)33(41)39(24-27-8-4-2-5-9-27)25-32(40)35-30-16-18-31(19-17-30)37-20-22-38(23-21-37)34(42)36-29-10-6-3-7-11-29/h2,4-5,8-9,12-19,29H,3,6-7,10-11,20-25H2,1H3,(H,35,40)(H,36,42). The lowest BCUT2D eigenvalue weighted by Gasteiger charge is -2.37. The first-order valence-corrected chi connectivity index (χ1v) is 15.0. The molecule has 0 radical (unpaired) electrons. The SMILES string of the molecule is Cc1ccc(C(=O)N(CC(=O)Nc2ccc(N3CCN(C(=O)NC4CCCCC4)CC3)cc2)Cc2ccccc2)cc1. The molecule has 2 fully saturated rings. The molecule has 1 saturated carbocycles. The van der Waals surface area contributed by atoms with Crippen LogP contribution in [0.1, 0.15) is 53.6 Å². The van der Waals surface area contributed by atoms with Crippen LogP contribution >= 0.6 is 0 Å². The minimum Gasteiger partial charge on any atom is -0.368 e. The summed E-state index contributed by atoms with van der Waals surface area (Å²) < 4.78 is 0. The van der Waals surface area contributed by atoms with E-state index in [0.717, 1.165) is 42.7 Å². The third-order valence-corrected chi connectivity index (χ3v) is 8.15. The van der Waals surface area contributed by atoms with Gasteiger partial charge < -0.3 is 25.3 Å². The number of benzene rings is 3.